The molecule has 13 heteroatoms. The number of carbonyl (C=O) groups excluding carboxylic acids is 3. The molecule has 0 unspecified atom stereocenters. The Morgan fingerprint density at radius 2 is 1.70 bits per heavy atom. The van der Waals surface area contributed by atoms with Gasteiger partial charge in [-0.25, -0.2) is 4.98 Å². The molecule has 3 atom stereocenters. The van der Waals surface area contributed by atoms with Crippen LogP contribution in [0.5, 0.6) is 0 Å². The number of benzene rings is 1. The summed E-state index contributed by atoms with van der Waals surface area (Å²) in [7, 11) is 1.26. The molecule has 0 radical (unpaired) electrons. The highest BCUT2D eigenvalue weighted by Gasteiger charge is 2.60. The van der Waals surface area contributed by atoms with Crippen LogP contribution in [-0.2, 0) is 15.8 Å². The van der Waals surface area contributed by atoms with Gasteiger partial charge in [0.05, 0.1) is 39.4 Å². The van der Waals surface area contributed by atoms with Gasteiger partial charge in [0.15, 0.2) is 11.6 Å². The van der Waals surface area contributed by atoms with Crippen LogP contribution in [0.2, 0.25) is 5.02 Å². The number of aromatic nitrogens is 2. The summed E-state index contributed by atoms with van der Waals surface area (Å²) < 4.78 is 39.4. The Kier molecular flexibility index (Phi) is 5.77. The molecule has 1 N–H and O–H groups in total. The van der Waals surface area contributed by atoms with Gasteiger partial charge in [-0.05, 0) is 18.2 Å². The summed E-state index contributed by atoms with van der Waals surface area (Å²) in [5.41, 5.74) is -0.508. The van der Waals surface area contributed by atoms with Crippen molar-refractivity contribution in [1.82, 2.24) is 15.0 Å². The quantitative estimate of drug-likeness (QED) is 0.463. The van der Waals surface area contributed by atoms with E-state index in [0.717, 1.165) is 10.0 Å². The van der Waals surface area contributed by atoms with Gasteiger partial charge in [-0.2, -0.15) is 18.2 Å². The van der Waals surface area contributed by atoms with Gasteiger partial charge in [0.1, 0.15) is 11.8 Å². The molecule has 1 fully saturated rings. The van der Waals surface area contributed by atoms with Gasteiger partial charge in [-0.3, -0.25) is 29.4 Å². The molecule has 3 aromatic rings. The van der Waals surface area contributed by atoms with E-state index < -0.39 is 52.2 Å². The number of fused-ring (bicyclic) bond motifs is 2. The van der Waals surface area contributed by atoms with Crippen LogP contribution in [0.3, 0.4) is 0 Å². The number of amides is 2. The minimum Gasteiger partial charge on any atom is -0.506 e. The van der Waals surface area contributed by atoms with E-state index in [2.05, 4.69) is 15.0 Å². The number of pyridine rings is 2. The molecule has 1 aromatic carbocycles. The SMILES string of the molecule is CN(c1ncc(C(F)(F)F)cc1Cl)N1C(=O)[C@@H]2C(C3=C(O)c4ccccc4C3=O)=N[C@H](c3ccccn3)[C@@H]2C1=O. The van der Waals surface area contributed by atoms with Crippen LogP contribution in [0.4, 0.5) is 19.0 Å². The second-order valence-corrected chi connectivity index (χ2v) is 9.76. The lowest BCUT2D eigenvalue weighted by Gasteiger charge is -2.29. The molecule has 202 valence electrons. The van der Waals surface area contributed by atoms with E-state index >= 15 is 0 Å². The molecule has 1 aliphatic carbocycles. The number of imide groups is 1. The number of hydrogen-bond acceptors (Lipinski definition) is 8. The molecule has 0 saturated carbocycles. The summed E-state index contributed by atoms with van der Waals surface area (Å²) in [5, 5.41) is 12.3. The van der Waals surface area contributed by atoms with Gasteiger partial charge in [0.2, 0.25) is 0 Å². The number of allylic oxidation sites excluding steroid dienone is 1. The summed E-state index contributed by atoms with van der Waals surface area (Å²) >= 11 is 6.10. The standard InChI is InChI=1S/C27H17ClF3N5O4/c1-35(24-15(28)10-12(11-33-24)27(29,30)31)36-25(39)17-18(26(36)40)21(34-20(17)16-8-4-5-9-32-16)19-22(37)13-6-2-3-7-14(13)23(19)38/h2-11,17-18,20,37H,1H3/t17-,18+,20-/m1/s1. The molecule has 2 aliphatic heterocycles. The number of Topliss-reactive ketones (excluding diaryl/α,β-unsaturated/α-hetero) is 1. The van der Waals surface area contributed by atoms with E-state index in [1.165, 1.54) is 19.3 Å². The number of rotatable bonds is 4. The number of nitrogens with zero attached hydrogens (tertiary/aromatic N) is 5. The maximum absolute atomic E-state index is 13.9. The number of hydrazine groups is 1. The summed E-state index contributed by atoms with van der Waals surface area (Å²) in [6.45, 7) is 0. The largest absolute Gasteiger partial charge is 0.506 e. The predicted octanol–water partition coefficient (Wildman–Crippen LogP) is 4.46. The topological polar surface area (TPSA) is 116 Å². The minimum atomic E-state index is -4.70. The van der Waals surface area contributed by atoms with E-state index in [-0.39, 0.29) is 34.0 Å². The average molecular weight is 568 g/mol. The third kappa shape index (κ3) is 3.70. The Morgan fingerprint density at radius 3 is 2.33 bits per heavy atom. The van der Waals surface area contributed by atoms with Crippen molar-refractivity contribution in [1.29, 1.82) is 0 Å². The van der Waals surface area contributed by atoms with Crippen molar-refractivity contribution in [2.24, 2.45) is 16.8 Å². The lowest BCUT2D eigenvalue weighted by Crippen LogP contribution is -2.46. The number of aliphatic hydroxyl groups excluding tert-OH is 1. The first-order chi connectivity index (χ1) is 19.0. The van der Waals surface area contributed by atoms with E-state index in [1.54, 1.807) is 36.4 Å². The Hall–Kier alpha value is -4.58. The maximum atomic E-state index is 13.9. The van der Waals surface area contributed by atoms with Gasteiger partial charge >= 0.3 is 6.18 Å². The predicted molar refractivity (Wildman–Crippen MR) is 136 cm³/mol. The molecule has 4 heterocycles. The van der Waals surface area contributed by atoms with Crippen molar-refractivity contribution in [3.63, 3.8) is 0 Å². The van der Waals surface area contributed by atoms with E-state index in [0.29, 0.717) is 18.0 Å². The normalized spacial score (nSPS) is 22.1. The first-order valence-corrected chi connectivity index (χ1v) is 12.3. The second kappa shape index (κ2) is 8.98. The molecular weight excluding hydrogens is 551 g/mol. The van der Waals surface area contributed by atoms with Crippen LogP contribution >= 0.6 is 11.6 Å². The van der Waals surface area contributed by atoms with Crippen LogP contribution in [0.15, 0.2) is 71.5 Å². The molecule has 3 aliphatic rings. The monoisotopic (exact) mass is 567 g/mol. The first kappa shape index (κ1) is 25.7. The number of halogens is 4. The van der Waals surface area contributed by atoms with Gasteiger partial charge < -0.3 is 5.11 Å². The molecule has 40 heavy (non-hydrogen) atoms. The zero-order valence-corrected chi connectivity index (χ0v) is 21.2. The highest BCUT2D eigenvalue weighted by atomic mass is 35.5. The van der Waals surface area contributed by atoms with E-state index in [4.69, 9.17) is 11.6 Å². The minimum absolute atomic E-state index is 0.0694. The lowest BCUT2D eigenvalue weighted by atomic mass is 9.84. The van der Waals surface area contributed by atoms with Gasteiger partial charge in [0.25, 0.3) is 11.8 Å². The fourth-order valence-electron chi connectivity index (χ4n) is 5.33. The summed E-state index contributed by atoms with van der Waals surface area (Å²) in [6, 6.07) is 11.0. The maximum Gasteiger partial charge on any atom is 0.417 e. The summed E-state index contributed by atoms with van der Waals surface area (Å²) in [5.74, 6) is -5.17. The highest BCUT2D eigenvalue weighted by Crippen LogP contribution is 2.48. The lowest BCUT2D eigenvalue weighted by molar-refractivity contribution is -0.141. The number of carbonyl (C=O) groups is 3. The second-order valence-electron chi connectivity index (χ2n) is 9.35. The highest BCUT2D eigenvalue weighted by molar-refractivity contribution is 6.40. The van der Waals surface area contributed by atoms with Crippen LogP contribution < -0.4 is 5.01 Å². The van der Waals surface area contributed by atoms with Crippen LogP contribution in [0.1, 0.15) is 33.2 Å². The number of alkyl halides is 3. The number of aliphatic imine (C=N–C) groups is 1. The molecular formula is C27H17ClF3N5O4. The molecule has 9 nitrogen and oxygen atoms in total. The third-order valence-electron chi connectivity index (χ3n) is 7.13. The zero-order chi connectivity index (χ0) is 28.5. The number of hydrogen-bond donors (Lipinski definition) is 1. The van der Waals surface area contributed by atoms with Crippen LogP contribution in [-0.4, -0.2) is 50.4 Å². The van der Waals surface area contributed by atoms with Gasteiger partial charge in [0, 0.05) is 30.6 Å². The molecule has 2 amide bonds. The Bertz CT molecular complexity index is 1670. The summed E-state index contributed by atoms with van der Waals surface area (Å²) in [6.07, 6.45) is -2.67. The van der Waals surface area contributed by atoms with Crippen molar-refractivity contribution in [2.45, 2.75) is 12.2 Å². The molecule has 0 bridgehead atoms. The van der Waals surface area contributed by atoms with Crippen molar-refractivity contribution in [2.75, 3.05) is 12.1 Å². The third-order valence-corrected chi connectivity index (χ3v) is 7.41. The fraction of sp³-hybridized carbons (Fsp3) is 0.185. The zero-order valence-electron chi connectivity index (χ0n) is 20.4. The Balaban J connectivity index is 1.44. The number of aliphatic hydroxyl groups is 1. The number of ketones is 1. The van der Waals surface area contributed by atoms with Gasteiger partial charge in [-0.15, -0.1) is 0 Å². The van der Waals surface area contributed by atoms with E-state index in [1.807, 2.05) is 0 Å². The van der Waals surface area contributed by atoms with Crippen molar-refractivity contribution in [3.05, 3.63) is 93.9 Å². The van der Waals surface area contributed by atoms with E-state index in [9.17, 15) is 32.7 Å². The van der Waals surface area contributed by atoms with Crippen LogP contribution in [0, 0.1) is 11.8 Å². The molecule has 6 rings (SSSR count). The fourth-order valence-corrected chi connectivity index (χ4v) is 5.62. The van der Waals surface area contributed by atoms with Crippen molar-refractivity contribution >= 4 is 46.5 Å². The Labute approximate surface area is 229 Å². The molecule has 1 saturated heterocycles. The van der Waals surface area contributed by atoms with Crippen molar-refractivity contribution < 1.29 is 32.7 Å². The Morgan fingerprint density at radius 1 is 1.00 bits per heavy atom. The first-order valence-electron chi connectivity index (χ1n) is 11.9. The smallest absolute Gasteiger partial charge is 0.417 e. The average Bonchev–Trinajstić information content (AvgIpc) is 3.52. The molecule has 2 aromatic heterocycles. The number of anilines is 1. The molecule has 0 spiro atoms. The van der Waals surface area contributed by atoms with Gasteiger partial charge in [-0.1, -0.05) is 41.9 Å². The van der Waals surface area contributed by atoms with Crippen molar-refractivity contribution in [3.8, 4) is 0 Å². The van der Waals surface area contributed by atoms with Crippen LogP contribution in [0.25, 0.3) is 5.76 Å². The summed E-state index contributed by atoms with van der Waals surface area (Å²) in [4.78, 5) is 53.7.